The first kappa shape index (κ1) is 22.4. The smallest absolute Gasteiger partial charge is 0.322 e. The van der Waals surface area contributed by atoms with Gasteiger partial charge in [0.1, 0.15) is 0 Å². The number of para-hydroxylation sites is 1. The summed E-state index contributed by atoms with van der Waals surface area (Å²) in [7, 11) is 0. The Morgan fingerprint density at radius 2 is 1.30 bits per heavy atom. The quantitative estimate of drug-likeness (QED) is 0.278. The predicted molar refractivity (Wildman–Crippen MR) is 135 cm³/mol. The summed E-state index contributed by atoms with van der Waals surface area (Å²) >= 11 is 12.0. The SMILES string of the molecule is O=C(Nc1ccc(Cl)c(Cl)c1)Nc1cc(C(=O)Nc2ccccc2)ccc1-c1ccccc1. The van der Waals surface area contributed by atoms with E-state index < -0.39 is 6.03 Å². The molecule has 4 aromatic rings. The summed E-state index contributed by atoms with van der Waals surface area (Å²) in [6, 6.07) is 28.3. The minimum Gasteiger partial charge on any atom is -0.322 e. The molecule has 5 nitrogen and oxygen atoms in total. The molecule has 0 radical (unpaired) electrons. The Kier molecular flexibility index (Phi) is 6.93. The molecule has 0 fully saturated rings. The molecule has 164 valence electrons. The summed E-state index contributed by atoms with van der Waals surface area (Å²) in [6.07, 6.45) is 0. The number of amides is 3. The molecule has 0 spiro atoms. The highest BCUT2D eigenvalue weighted by molar-refractivity contribution is 6.42. The van der Waals surface area contributed by atoms with Crippen LogP contribution in [0.25, 0.3) is 11.1 Å². The van der Waals surface area contributed by atoms with Gasteiger partial charge in [0.05, 0.1) is 15.7 Å². The van der Waals surface area contributed by atoms with E-state index in [0.717, 1.165) is 11.1 Å². The highest BCUT2D eigenvalue weighted by atomic mass is 35.5. The largest absolute Gasteiger partial charge is 0.323 e. The number of halogens is 2. The zero-order valence-electron chi connectivity index (χ0n) is 17.3. The Balaban J connectivity index is 1.61. The van der Waals surface area contributed by atoms with E-state index in [-0.39, 0.29) is 5.91 Å². The topological polar surface area (TPSA) is 70.2 Å². The van der Waals surface area contributed by atoms with Crippen molar-refractivity contribution in [3.63, 3.8) is 0 Å². The number of carbonyl (C=O) groups excluding carboxylic acids is 2. The van der Waals surface area contributed by atoms with Gasteiger partial charge in [0.15, 0.2) is 0 Å². The lowest BCUT2D eigenvalue weighted by Crippen LogP contribution is -2.20. The van der Waals surface area contributed by atoms with E-state index in [1.807, 2.05) is 54.6 Å². The van der Waals surface area contributed by atoms with E-state index in [1.165, 1.54) is 0 Å². The van der Waals surface area contributed by atoms with Crippen molar-refractivity contribution in [2.45, 2.75) is 0 Å². The predicted octanol–water partition coefficient (Wildman–Crippen LogP) is 7.56. The molecule has 4 rings (SSSR count). The van der Waals surface area contributed by atoms with E-state index in [9.17, 15) is 9.59 Å². The van der Waals surface area contributed by atoms with Crippen molar-refractivity contribution in [1.29, 1.82) is 0 Å². The Morgan fingerprint density at radius 3 is 2.00 bits per heavy atom. The molecule has 0 aromatic heterocycles. The van der Waals surface area contributed by atoms with Gasteiger partial charge in [-0.3, -0.25) is 4.79 Å². The summed E-state index contributed by atoms with van der Waals surface area (Å²) in [6.45, 7) is 0. The van der Waals surface area contributed by atoms with Crippen molar-refractivity contribution in [2.24, 2.45) is 0 Å². The van der Waals surface area contributed by atoms with Crippen molar-refractivity contribution in [1.82, 2.24) is 0 Å². The van der Waals surface area contributed by atoms with E-state index in [1.54, 1.807) is 42.5 Å². The average Bonchev–Trinajstić information content (AvgIpc) is 2.82. The minimum atomic E-state index is -0.480. The van der Waals surface area contributed by atoms with Crippen molar-refractivity contribution in [2.75, 3.05) is 16.0 Å². The first-order valence-electron chi connectivity index (χ1n) is 10.1. The Bertz CT molecular complexity index is 1300. The molecular weight excluding hydrogens is 457 g/mol. The van der Waals surface area contributed by atoms with Gasteiger partial charge in [0, 0.05) is 22.5 Å². The molecule has 3 N–H and O–H groups in total. The third-order valence-corrected chi connectivity index (χ3v) is 5.56. The fourth-order valence-electron chi connectivity index (χ4n) is 3.24. The maximum Gasteiger partial charge on any atom is 0.323 e. The van der Waals surface area contributed by atoms with Crippen molar-refractivity contribution in [3.8, 4) is 11.1 Å². The number of rotatable bonds is 5. The summed E-state index contributed by atoms with van der Waals surface area (Å²) in [5.74, 6) is -0.284. The molecule has 0 heterocycles. The number of nitrogens with one attached hydrogen (secondary N) is 3. The number of anilines is 3. The van der Waals surface area contributed by atoms with Gasteiger partial charge in [-0.1, -0.05) is 77.8 Å². The van der Waals surface area contributed by atoms with Gasteiger partial charge >= 0.3 is 6.03 Å². The third kappa shape index (κ3) is 5.71. The molecule has 7 heteroatoms. The molecule has 0 saturated heterocycles. The summed E-state index contributed by atoms with van der Waals surface area (Å²) in [4.78, 5) is 25.5. The monoisotopic (exact) mass is 475 g/mol. The summed E-state index contributed by atoms with van der Waals surface area (Å²) < 4.78 is 0. The standard InChI is InChI=1S/C26H19Cl2N3O2/c27-22-14-12-20(16-23(22)28)30-26(33)31-24-15-18(25(32)29-19-9-5-2-6-10-19)11-13-21(24)17-7-3-1-4-8-17/h1-16H,(H,29,32)(H2,30,31,33). The second kappa shape index (κ2) is 10.2. The van der Waals surface area contributed by atoms with Crippen LogP contribution in [0.15, 0.2) is 97.1 Å². The Labute approximate surface area is 201 Å². The molecule has 0 aliphatic rings. The molecule has 4 aromatic carbocycles. The van der Waals surface area contributed by atoms with Crippen LogP contribution >= 0.6 is 23.2 Å². The van der Waals surface area contributed by atoms with Gasteiger partial charge < -0.3 is 16.0 Å². The van der Waals surface area contributed by atoms with Crippen LogP contribution in [-0.4, -0.2) is 11.9 Å². The van der Waals surface area contributed by atoms with Gasteiger partial charge in [-0.2, -0.15) is 0 Å². The minimum absolute atomic E-state index is 0.284. The zero-order chi connectivity index (χ0) is 23.2. The van der Waals surface area contributed by atoms with Crippen LogP contribution in [0.3, 0.4) is 0 Å². The highest BCUT2D eigenvalue weighted by Gasteiger charge is 2.14. The van der Waals surface area contributed by atoms with Crippen LogP contribution in [-0.2, 0) is 0 Å². The van der Waals surface area contributed by atoms with Gasteiger partial charge in [-0.15, -0.1) is 0 Å². The number of urea groups is 1. The van der Waals surface area contributed by atoms with Crippen molar-refractivity contribution < 1.29 is 9.59 Å². The second-order valence-corrected chi connectivity index (χ2v) is 7.97. The fraction of sp³-hybridized carbons (Fsp3) is 0. The van der Waals surface area contributed by atoms with E-state index in [0.29, 0.717) is 32.7 Å². The summed E-state index contributed by atoms with van der Waals surface area (Å²) in [5.41, 5.74) is 3.74. The van der Waals surface area contributed by atoms with Crippen LogP contribution in [0.4, 0.5) is 21.9 Å². The molecule has 0 aliphatic carbocycles. The molecule has 3 amide bonds. The first-order chi connectivity index (χ1) is 16.0. The fourth-order valence-corrected chi connectivity index (χ4v) is 3.54. The number of benzene rings is 4. The van der Waals surface area contributed by atoms with Gasteiger partial charge in [0.2, 0.25) is 0 Å². The van der Waals surface area contributed by atoms with Crippen molar-refractivity contribution in [3.05, 3.63) is 113 Å². The maximum absolute atomic E-state index is 12.8. The zero-order valence-corrected chi connectivity index (χ0v) is 18.8. The number of hydrogen-bond acceptors (Lipinski definition) is 2. The molecule has 0 atom stereocenters. The lowest BCUT2D eigenvalue weighted by Gasteiger charge is -2.15. The molecule has 0 aliphatic heterocycles. The van der Waals surface area contributed by atoms with E-state index in [4.69, 9.17) is 23.2 Å². The highest BCUT2D eigenvalue weighted by Crippen LogP contribution is 2.30. The molecular formula is C26H19Cl2N3O2. The molecule has 33 heavy (non-hydrogen) atoms. The summed E-state index contributed by atoms with van der Waals surface area (Å²) in [5, 5.41) is 9.16. The van der Waals surface area contributed by atoms with E-state index in [2.05, 4.69) is 16.0 Å². The lowest BCUT2D eigenvalue weighted by atomic mass is 10.0. The van der Waals surface area contributed by atoms with Crippen LogP contribution in [0.5, 0.6) is 0 Å². The van der Waals surface area contributed by atoms with Crippen LogP contribution in [0.2, 0.25) is 10.0 Å². The molecule has 0 saturated carbocycles. The number of carbonyl (C=O) groups is 2. The van der Waals surface area contributed by atoms with Crippen LogP contribution in [0.1, 0.15) is 10.4 Å². The van der Waals surface area contributed by atoms with Gasteiger partial charge in [0.25, 0.3) is 5.91 Å². The Morgan fingerprint density at radius 1 is 0.606 bits per heavy atom. The van der Waals surface area contributed by atoms with Crippen LogP contribution in [0, 0.1) is 0 Å². The molecule has 0 unspecified atom stereocenters. The Hall–Kier alpha value is -3.80. The van der Waals surface area contributed by atoms with Gasteiger partial charge in [-0.25, -0.2) is 4.79 Å². The number of hydrogen-bond donors (Lipinski definition) is 3. The van der Waals surface area contributed by atoms with Gasteiger partial charge in [-0.05, 0) is 48.0 Å². The van der Waals surface area contributed by atoms with Crippen molar-refractivity contribution >= 4 is 52.2 Å². The first-order valence-corrected chi connectivity index (χ1v) is 10.8. The normalized spacial score (nSPS) is 10.4. The maximum atomic E-state index is 12.8. The molecule has 0 bridgehead atoms. The van der Waals surface area contributed by atoms with Crippen LogP contribution < -0.4 is 16.0 Å². The van der Waals surface area contributed by atoms with E-state index >= 15 is 0 Å². The second-order valence-electron chi connectivity index (χ2n) is 7.15. The third-order valence-electron chi connectivity index (χ3n) is 4.82. The lowest BCUT2D eigenvalue weighted by molar-refractivity contribution is 0.102. The average molecular weight is 476 g/mol.